The second-order valence-corrected chi connectivity index (χ2v) is 7.17. The van der Waals surface area contributed by atoms with Crippen molar-refractivity contribution < 1.29 is 28.7 Å². The summed E-state index contributed by atoms with van der Waals surface area (Å²) < 4.78 is 10.5. The highest BCUT2D eigenvalue weighted by Gasteiger charge is 2.21. The lowest BCUT2D eigenvalue weighted by Crippen LogP contribution is -2.31. The summed E-state index contributed by atoms with van der Waals surface area (Å²) in [4.78, 5) is 50.9. The average Bonchev–Trinajstić information content (AvgIpc) is 3.05. The van der Waals surface area contributed by atoms with Gasteiger partial charge in [0.15, 0.2) is 12.4 Å². The van der Waals surface area contributed by atoms with Crippen molar-refractivity contribution in [1.82, 2.24) is 10.3 Å². The van der Waals surface area contributed by atoms with E-state index in [-0.39, 0.29) is 18.0 Å². The number of hydrogen-bond donors (Lipinski definition) is 2. The summed E-state index contributed by atoms with van der Waals surface area (Å²) in [6.07, 6.45) is 1.99. The van der Waals surface area contributed by atoms with Gasteiger partial charge in [-0.3, -0.25) is 19.2 Å². The molecule has 0 bridgehead atoms. The lowest BCUT2D eigenvalue weighted by Gasteiger charge is -2.08. The summed E-state index contributed by atoms with van der Waals surface area (Å²) in [5.41, 5.74) is 2.20. The van der Waals surface area contributed by atoms with E-state index in [9.17, 15) is 19.2 Å². The molecule has 0 atom stereocenters. The molecule has 0 radical (unpaired) electrons. The first-order valence-corrected chi connectivity index (χ1v) is 10.1. The molecule has 0 aliphatic carbocycles. The summed E-state index contributed by atoms with van der Waals surface area (Å²) >= 11 is 0. The lowest BCUT2D eigenvalue weighted by molar-refractivity contribution is -0.141. The molecule has 8 heteroatoms. The third-order valence-corrected chi connectivity index (χ3v) is 4.71. The number of Topliss-reactive ketones (excluding diaryl/α,β-unsaturated/α-hetero) is 2. The van der Waals surface area contributed by atoms with Gasteiger partial charge in [-0.2, -0.15) is 0 Å². The lowest BCUT2D eigenvalue weighted by atomic mass is 10.1. The molecule has 0 fully saturated rings. The van der Waals surface area contributed by atoms with Gasteiger partial charge in [0.2, 0.25) is 5.78 Å². The molecular weight excluding hydrogens is 400 g/mol. The Labute approximate surface area is 181 Å². The molecule has 2 rings (SSSR count). The third-order valence-electron chi connectivity index (χ3n) is 4.71. The number of hydrogen-bond acceptors (Lipinski definition) is 6. The molecular formula is C23H28N2O6. The van der Waals surface area contributed by atoms with Crippen molar-refractivity contribution in [2.45, 2.75) is 40.5 Å². The number of benzene rings is 1. The number of aromatic amines is 1. The fourth-order valence-corrected chi connectivity index (χ4v) is 3.12. The number of H-pyrrole nitrogens is 1. The quantitative estimate of drug-likeness (QED) is 0.323. The number of rotatable bonds is 11. The minimum absolute atomic E-state index is 0.148. The zero-order valence-electron chi connectivity index (χ0n) is 18.3. The van der Waals surface area contributed by atoms with E-state index in [4.69, 9.17) is 9.47 Å². The number of carbonyl (C=O) groups is 4. The minimum atomic E-state index is -0.742. The van der Waals surface area contributed by atoms with Gasteiger partial charge in [0.05, 0.1) is 12.3 Å². The zero-order valence-corrected chi connectivity index (χ0v) is 18.3. The maximum atomic E-state index is 12.3. The Morgan fingerprint density at radius 1 is 1.06 bits per heavy atom. The van der Waals surface area contributed by atoms with Crippen LogP contribution in [0.3, 0.4) is 0 Å². The van der Waals surface area contributed by atoms with Crippen molar-refractivity contribution in [3.8, 4) is 5.75 Å². The topological polar surface area (TPSA) is 115 Å². The van der Waals surface area contributed by atoms with E-state index in [0.29, 0.717) is 34.7 Å². The second-order valence-electron chi connectivity index (χ2n) is 7.17. The standard InChI is InChI=1S/C23H28N2O6/c1-5-6-11-30-18-9-7-17(8-10-18)23(29)24-12-20(28)31-13-19(27)22-14(2)21(16(4)26)15(3)25-22/h7-10,25H,5-6,11-13H2,1-4H3,(H,24,29). The molecule has 0 aliphatic heterocycles. The Kier molecular flexibility index (Phi) is 8.54. The molecule has 1 aromatic heterocycles. The van der Waals surface area contributed by atoms with E-state index in [0.717, 1.165) is 12.8 Å². The van der Waals surface area contributed by atoms with Gasteiger partial charge in [0, 0.05) is 16.8 Å². The zero-order chi connectivity index (χ0) is 23.0. The van der Waals surface area contributed by atoms with Crippen molar-refractivity contribution in [3.63, 3.8) is 0 Å². The van der Waals surface area contributed by atoms with Gasteiger partial charge in [-0.05, 0) is 57.0 Å². The Bertz CT molecular complexity index is 959. The van der Waals surface area contributed by atoms with Gasteiger partial charge < -0.3 is 19.8 Å². The van der Waals surface area contributed by atoms with Crippen molar-refractivity contribution in [2.75, 3.05) is 19.8 Å². The molecule has 1 aromatic carbocycles. The van der Waals surface area contributed by atoms with E-state index in [2.05, 4.69) is 17.2 Å². The molecule has 1 amide bonds. The van der Waals surface area contributed by atoms with Gasteiger partial charge >= 0.3 is 5.97 Å². The number of carbonyl (C=O) groups excluding carboxylic acids is 4. The maximum Gasteiger partial charge on any atom is 0.325 e. The van der Waals surface area contributed by atoms with Crippen LogP contribution in [-0.2, 0) is 9.53 Å². The largest absolute Gasteiger partial charge is 0.494 e. The summed E-state index contributed by atoms with van der Waals surface area (Å²) in [5.74, 6) is -1.11. The van der Waals surface area contributed by atoms with Gasteiger partial charge in [0.25, 0.3) is 5.91 Å². The summed E-state index contributed by atoms with van der Waals surface area (Å²) in [7, 11) is 0. The van der Waals surface area contributed by atoms with E-state index in [1.165, 1.54) is 6.92 Å². The first-order chi connectivity index (χ1) is 14.7. The normalized spacial score (nSPS) is 10.5. The van der Waals surface area contributed by atoms with Crippen LogP contribution in [0.2, 0.25) is 0 Å². The summed E-state index contributed by atoms with van der Waals surface area (Å²) in [6.45, 7) is 6.61. The van der Waals surface area contributed by atoms with E-state index >= 15 is 0 Å². The first kappa shape index (κ1) is 23.9. The predicted octanol–water partition coefficient (Wildman–Crippen LogP) is 3.17. The van der Waals surface area contributed by atoms with Crippen LogP contribution in [0.1, 0.15) is 69.2 Å². The number of aryl methyl sites for hydroxylation is 1. The Balaban J connectivity index is 1.81. The van der Waals surface area contributed by atoms with Crippen LogP contribution in [0.25, 0.3) is 0 Å². The number of ketones is 2. The molecule has 2 N–H and O–H groups in total. The Hall–Kier alpha value is -3.42. The first-order valence-electron chi connectivity index (χ1n) is 10.1. The van der Waals surface area contributed by atoms with Gasteiger partial charge in [-0.25, -0.2) is 0 Å². The summed E-state index contributed by atoms with van der Waals surface area (Å²) in [5, 5.41) is 2.46. The predicted molar refractivity (Wildman–Crippen MR) is 115 cm³/mol. The van der Waals surface area contributed by atoms with E-state index in [1.807, 2.05) is 0 Å². The summed E-state index contributed by atoms with van der Waals surface area (Å²) in [6, 6.07) is 6.60. The van der Waals surface area contributed by atoms with E-state index in [1.54, 1.807) is 38.1 Å². The Morgan fingerprint density at radius 3 is 2.32 bits per heavy atom. The molecule has 166 valence electrons. The van der Waals surface area contributed by atoms with Gasteiger partial charge in [-0.1, -0.05) is 13.3 Å². The van der Waals surface area contributed by atoms with Crippen LogP contribution in [0.4, 0.5) is 0 Å². The molecule has 0 saturated carbocycles. The van der Waals surface area contributed by atoms with Crippen molar-refractivity contribution >= 4 is 23.4 Å². The highest BCUT2D eigenvalue weighted by molar-refractivity contribution is 6.04. The number of amides is 1. The molecule has 0 aliphatic rings. The van der Waals surface area contributed by atoms with Crippen LogP contribution < -0.4 is 10.1 Å². The molecule has 2 aromatic rings. The molecule has 1 heterocycles. The van der Waals surface area contributed by atoms with Crippen LogP contribution >= 0.6 is 0 Å². The molecule has 0 saturated heterocycles. The van der Waals surface area contributed by atoms with Crippen molar-refractivity contribution in [3.05, 3.63) is 52.3 Å². The number of unbranched alkanes of at least 4 members (excludes halogenated alkanes) is 1. The highest BCUT2D eigenvalue weighted by Crippen LogP contribution is 2.19. The molecule has 31 heavy (non-hydrogen) atoms. The minimum Gasteiger partial charge on any atom is -0.494 e. The monoisotopic (exact) mass is 428 g/mol. The van der Waals surface area contributed by atoms with E-state index < -0.39 is 24.3 Å². The number of aromatic nitrogens is 1. The van der Waals surface area contributed by atoms with Crippen molar-refractivity contribution in [1.29, 1.82) is 0 Å². The maximum absolute atomic E-state index is 12.3. The van der Waals surface area contributed by atoms with Crippen molar-refractivity contribution in [2.24, 2.45) is 0 Å². The van der Waals surface area contributed by atoms with Crippen LogP contribution in [0.15, 0.2) is 24.3 Å². The second kappa shape index (κ2) is 11.1. The smallest absolute Gasteiger partial charge is 0.325 e. The third kappa shape index (κ3) is 6.53. The SMILES string of the molecule is CCCCOc1ccc(C(=O)NCC(=O)OCC(=O)c2[nH]c(C)c(C(C)=O)c2C)cc1. The number of nitrogens with one attached hydrogen (secondary N) is 2. The Morgan fingerprint density at radius 2 is 1.74 bits per heavy atom. The van der Waals surface area contributed by atoms with Gasteiger partial charge in [-0.15, -0.1) is 0 Å². The fraction of sp³-hybridized carbons (Fsp3) is 0.391. The fourth-order valence-electron chi connectivity index (χ4n) is 3.12. The van der Waals surface area contributed by atoms with Crippen LogP contribution in [-0.4, -0.2) is 48.2 Å². The van der Waals surface area contributed by atoms with Crippen LogP contribution in [0.5, 0.6) is 5.75 Å². The molecule has 0 unspecified atom stereocenters. The number of esters is 1. The van der Waals surface area contributed by atoms with Crippen LogP contribution in [0, 0.1) is 13.8 Å². The highest BCUT2D eigenvalue weighted by atomic mass is 16.5. The number of ether oxygens (including phenoxy) is 2. The average molecular weight is 428 g/mol. The van der Waals surface area contributed by atoms with Gasteiger partial charge in [0.1, 0.15) is 12.3 Å². The molecule has 0 spiro atoms. The molecule has 8 nitrogen and oxygen atoms in total.